The molecule has 1 amide bonds. The van der Waals surface area contributed by atoms with Crippen molar-refractivity contribution in [2.75, 3.05) is 6.54 Å². The Morgan fingerprint density at radius 3 is 3.24 bits per heavy atom. The lowest BCUT2D eigenvalue weighted by atomic mass is 10.3. The summed E-state index contributed by atoms with van der Waals surface area (Å²) >= 11 is 0. The van der Waals surface area contributed by atoms with Crippen LogP contribution in [-0.4, -0.2) is 26.8 Å². The summed E-state index contributed by atoms with van der Waals surface area (Å²) < 4.78 is 1.91. The molecule has 0 aliphatic rings. The fourth-order valence-electron chi connectivity index (χ4n) is 1.51. The molecule has 0 aromatic carbocycles. The maximum Gasteiger partial charge on any atom is 0.234 e. The number of nitrogens with one attached hydrogen (secondary N) is 1. The van der Waals surface area contributed by atoms with Gasteiger partial charge in [0, 0.05) is 25.9 Å². The highest BCUT2D eigenvalue weighted by Crippen LogP contribution is 2.05. The fraction of sp³-hybridized carbons (Fsp3) is 0.250. The van der Waals surface area contributed by atoms with E-state index in [9.17, 15) is 4.79 Å². The van der Waals surface area contributed by atoms with E-state index in [1.54, 1.807) is 12.4 Å². The molecule has 0 bridgehead atoms. The minimum absolute atomic E-state index is 0.00241. The van der Waals surface area contributed by atoms with Crippen molar-refractivity contribution < 1.29 is 4.79 Å². The van der Waals surface area contributed by atoms with E-state index in [1.165, 1.54) is 6.92 Å². The van der Waals surface area contributed by atoms with Crippen molar-refractivity contribution in [3.05, 3.63) is 36.4 Å². The van der Waals surface area contributed by atoms with E-state index in [0.717, 1.165) is 12.1 Å². The fourth-order valence-corrected chi connectivity index (χ4v) is 1.51. The third kappa shape index (κ3) is 2.90. The second kappa shape index (κ2) is 5.25. The van der Waals surface area contributed by atoms with Crippen LogP contribution in [0, 0.1) is 0 Å². The highest BCUT2D eigenvalue weighted by molar-refractivity contribution is 5.72. The molecule has 0 atom stereocenters. The molecule has 5 heteroatoms. The van der Waals surface area contributed by atoms with Crippen molar-refractivity contribution in [1.29, 1.82) is 0 Å². The Labute approximate surface area is 99.2 Å². The number of carbonyl (C=O) groups excluding carboxylic acids is 1. The summed E-state index contributed by atoms with van der Waals surface area (Å²) in [5, 5.41) is 2.74. The smallest absolute Gasteiger partial charge is 0.234 e. The van der Waals surface area contributed by atoms with Crippen molar-refractivity contribution in [3.63, 3.8) is 0 Å². The van der Waals surface area contributed by atoms with Crippen molar-refractivity contribution >= 4 is 17.8 Å². The van der Waals surface area contributed by atoms with Gasteiger partial charge in [-0.25, -0.2) is 9.97 Å². The first-order valence-corrected chi connectivity index (χ1v) is 5.46. The molecule has 0 spiro atoms. The summed E-state index contributed by atoms with van der Waals surface area (Å²) in [6, 6.07) is 1.86. The molecule has 5 nitrogen and oxygen atoms in total. The minimum Gasteiger partial charge on any atom is -0.356 e. The van der Waals surface area contributed by atoms with Crippen LogP contribution in [-0.2, 0) is 4.79 Å². The monoisotopic (exact) mass is 230 g/mol. The van der Waals surface area contributed by atoms with Gasteiger partial charge in [0.05, 0.1) is 11.9 Å². The van der Waals surface area contributed by atoms with E-state index >= 15 is 0 Å². The van der Waals surface area contributed by atoms with Crippen LogP contribution in [0.1, 0.15) is 19.0 Å². The molecule has 0 fully saturated rings. The average Bonchev–Trinajstić information content (AvgIpc) is 2.72. The number of fused-ring (bicyclic) bond motifs is 1. The Morgan fingerprint density at radius 2 is 2.41 bits per heavy atom. The van der Waals surface area contributed by atoms with E-state index in [-0.39, 0.29) is 5.91 Å². The van der Waals surface area contributed by atoms with Gasteiger partial charge < -0.3 is 5.32 Å². The summed E-state index contributed by atoms with van der Waals surface area (Å²) in [5.41, 5.74) is 0.982. The number of nitrogens with zero attached hydrogens (tertiary/aromatic N) is 3. The lowest BCUT2D eigenvalue weighted by Gasteiger charge is -1.97. The van der Waals surface area contributed by atoms with Gasteiger partial charge in [-0.1, -0.05) is 6.08 Å². The predicted molar refractivity (Wildman–Crippen MR) is 65.3 cm³/mol. The molecule has 88 valence electrons. The highest BCUT2D eigenvalue weighted by atomic mass is 16.1. The molecule has 0 saturated carbocycles. The van der Waals surface area contributed by atoms with Crippen molar-refractivity contribution in [2.24, 2.45) is 0 Å². The maximum absolute atomic E-state index is 10.7. The van der Waals surface area contributed by atoms with Gasteiger partial charge in [-0.2, -0.15) is 0 Å². The molecular weight excluding hydrogens is 216 g/mol. The molecular formula is C12H14N4O. The summed E-state index contributed by atoms with van der Waals surface area (Å²) in [7, 11) is 0. The maximum atomic E-state index is 10.7. The van der Waals surface area contributed by atoms with Crippen LogP contribution in [0.15, 0.2) is 30.7 Å². The van der Waals surface area contributed by atoms with Gasteiger partial charge in [0.1, 0.15) is 0 Å². The molecule has 0 aliphatic heterocycles. The van der Waals surface area contributed by atoms with Gasteiger partial charge in [0.25, 0.3) is 0 Å². The van der Waals surface area contributed by atoms with Gasteiger partial charge in [-0.3, -0.25) is 9.20 Å². The van der Waals surface area contributed by atoms with E-state index in [2.05, 4.69) is 15.3 Å². The number of hydrogen-bond acceptors (Lipinski definition) is 3. The Balaban J connectivity index is 1.98. The van der Waals surface area contributed by atoms with Crippen LogP contribution in [0.3, 0.4) is 0 Å². The first kappa shape index (κ1) is 11.3. The lowest BCUT2D eigenvalue weighted by Crippen LogP contribution is -2.20. The minimum atomic E-state index is -0.00241. The molecule has 0 aliphatic carbocycles. The van der Waals surface area contributed by atoms with E-state index in [4.69, 9.17) is 0 Å². The van der Waals surface area contributed by atoms with Gasteiger partial charge in [-0.05, 0) is 18.6 Å². The number of hydrogen-bond donors (Lipinski definition) is 1. The van der Waals surface area contributed by atoms with E-state index in [1.807, 2.05) is 28.8 Å². The Morgan fingerprint density at radius 1 is 1.53 bits per heavy atom. The molecule has 17 heavy (non-hydrogen) atoms. The van der Waals surface area contributed by atoms with Gasteiger partial charge in [0.15, 0.2) is 0 Å². The molecule has 1 N–H and O–H groups in total. The van der Waals surface area contributed by atoms with E-state index in [0.29, 0.717) is 12.3 Å². The summed E-state index contributed by atoms with van der Waals surface area (Å²) in [6.45, 7) is 2.17. The van der Waals surface area contributed by atoms with Crippen molar-refractivity contribution in [2.45, 2.75) is 13.3 Å². The molecule has 2 heterocycles. The molecule has 0 saturated heterocycles. The number of amides is 1. The topological polar surface area (TPSA) is 59.3 Å². The largest absolute Gasteiger partial charge is 0.356 e. The first-order valence-electron chi connectivity index (χ1n) is 5.46. The Kier molecular flexibility index (Phi) is 3.49. The van der Waals surface area contributed by atoms with Crippen molar-refractivity contribution in [1.82, 2.24) is 19.7 Å². The highest BCUT2D eigenvalue weighted by Gasteiger charge is 1.98. The van der Waals surface area contributed by atoms with Crippen LogP contribution in [0.25, 0.3) is 11.9 Å². The number of aromatic nitrogens is 3. The van der Waals surface area contributed by atoms with Crippen LogP contribution in [0.5, 0.6) is 0 Å². The number of carbonyl (C=O) groups is 1. The second-order valence-corrected chi connectivity index (χ2v) is 3.65. The zero-order chi connectivity index (χ0) is 12.1. The molecule has 2 aromatic heterocycles. The van der Waals surface area contributed by atoms with Crippen molar-refractivity contribution in [3.8, 4) is 0 Å². The predicted octanol–water partition coefficient (Wildman–Crippen LogP) is 1.27. The standard InChI is InChI=1S/C12H14N4O/c1-10(17)13-6-3-2-5-11-9-15-12-14-7-4-8-16(11)12/h2,4-5,7-9H,3,6H2,1H3,(H,13,17). The van der Waals surface area contributed by atoms with Gasteiger partial charge in [0.2, 0.25) is 11.7 Å². The molecule has 0 radical (unpaired) electrons. The number of rotatable bonds is 4. The Hall–Kier alpha value is -2.17. The molecule has 2 rings (SSSR count). The van der Waals surface area contributed by atoms with Crippen LogP contribution in [0.4, 0.5) is 0 Å². The third-order valence-electron chi connectivity index (χ3n) is 2.29. The zero-order valence-electron chi connectivity index (χ0n) is 9.63. The number of imidazole rings is 1. The third-order valence-corrected chi connectivity index (χ3v) is 2.29. The van der Waals surface area contributed by atoms with Crippen LogP contribution >= 0.6 is 0 Å². The van der Waals surface area contributed by atoms with Gasteiger partial charge >= 0.3 is 0 Å². The van der Waals surface area contributed by atoms with Crippen LogP contribution < -0.4 is 5.32 Å². The summed E-state index contributed by atoms with van der Waals surface area (Å²) in [4.78, 5) is 19.0. The zero-order valence-corrected chi connectivity index (χ0v) is 9.63. The van der Waals surface area contributed by atoms with E-state index < -0.39 is 0 Å². The normalized spacial score (nSPS) is 11.1. The SMILES string of the molecule is CC(=O)NCCC=Cc1cnc2ncccn12. The van der Waals surface area contributed by atoms with Crippen LogP contribution in [0.2, 0.25) is 0 Å². The average molecular weight is 230 g/mol. The molecule has 2 aromatic rings. The molecule has 0 unspecified atom stereocenters. The lowest BCUT2D eigenvalue weighted by molar-refractivity contribution is -0.118. The quantitative estimate of drug-likeness (QED) is 0.805. The second-order valence-electron chi connectivity index (χ2n) is 3.65. The Bertz CT molecular complexity index is 544. The first-order chi connectivity index (χ1) is 8.27. The summed E-state index contributed by atoms with van der Waals surface area (Å²) in [6.07, 6.45) is 10.2. The summed E-state index contributed by atoms with van der Waals surface area (Å²) in [5.74, 6) is 0.686. The van der Waals surface area contributed by atoms with Gasteiger partial charge in [-0.15, -0.1) is 0 Å².